The molecule has 2 rings (SSSR count). The minimum Gasteiger partial charge on any atom is -0.407 e. The van der Waals surface area contributed by atoms with E-state index >= 15 is 0 Å². The third-order valence-electron chi connectivity index (χ3n) is 3.64. The molecule has 2 aromatic rings. The van der Waals surface area contributed by atoms with E-state index in [2.05, 4.69) is 79.7 Å². The maximum Gasteiger partial charge on any atom is 0.185 e. The Balaban J connectivity index is 2.33. The second-order valence-corrected chi connectivity index (χ2v) is 11.4. The second-order valence-electron chi connectivity index (χ2n) is 6.99. The Morgan fingerprint density at radius 1 is 0.957 bits per heavy atom. The summed E-state index contributed by atoms with van der Waals surface area (Å²) in [4.78, 5) is 2.10. The Morgan fingerprint density at radius 3 is 2.00 bits per heavy atom. The van der Waals surface area contributed by atoms with Crippen LogP contribution in [0.1, 0.15) is 17.2 Å². The molecule has 2 nitrogen and oxygen atoms in total. The highest BCUT2D eigenvalue weighted by Crippen LogP contribution is 2.34. The van der Waals surface area contributed by atoms with E-state index in [0.717, 1.165) is 16.7 Å². The lowest BCUT2D eigenvalue weighted by molar-refractivity contribution is 0.257. The second kappa shape index (κ2) is 7.15. The van der Waals surface area contributed by atoms with Gasteiger partial charge in [-0.1, -0.05) is 49.0 Å². The van der Waals surface area contributed by atoms with Crippen molar-refractivity contribution in [3.05, 3.63) is 72.3 Å². The summed E-state index contributed by atoms with van der Waals surface area (Å²) in [5.41, 5.74) is 4.49. The van der Waals surface area contributed by atoms with Gasteiger partial charge in [-0.15, -0.1) is 0 Å². The summed E-state index contributed by atoms with van der Waals surface area (Å²) in [6, 6.07) is 18.9. The van der Waals surface area contributed by atoms with E-state index in [0.29, 0.717) is 0 Å². The van der Waals surface area contributed by atoms with Crippen LogP contribution in [-0.4, -0.2) is 22.4 Å². The summed E-state index contributed by atoms with van der Waals surface area (Å²) in [6.07, 6.45) is -0.0897. The lowest BCUT2D eigenvalue weighted by Gasteiger charge is -2.29. The minimum atomic E-state index is -1.70. The van der Waals surface area contributed by atoms with Gasteiger partial charge in [-0.25, -0.2) is 0 Å². The van der Waals surface area contributed by atoms with Gasteiger partial charge in [0, 0.05) is 19.8 Å². The molecule has 1 atom stereocenters. The monoisotopic (exact) mass is 325 g/mol. The molecule has 2 aromatic carbocycles. The smallest absolute Gasteiger partial charge is 0.185 e. The number of hydrogen-bond donors (Lipinski definition) is 0. The molecule has 0 heterocycles. The van der Waals surface area contributed by atoms with Crippen molar-refractivity contribution in [2.24, 2.45) is 0 Å². The van der Waals surface area contributed by atoms with Gasteiger partial charge in [0.2, 0.25) is 0 Å². The van der Waals surface area contributed by atoms with E-state index in [9.17, 15) is 0 Å². The lowest BCUT2D eigenvalue weighted by Crippen LogP contribution is -2.28. The van der Waals surface area contributed by atoms with Crippen molar-refractivity contribution in [2.45, 2.75) is 25.7 Å². The van der Waals surface area contributed by atoms with Crippen LogP contribution in [0.25, 0.3) is 5.57 Å². The fourth-order valence-corrected chi connectivity index (χ4v) is 3.43. The standard InChI is InChI=1S/C20H27NOSi/c1-16(17-12-14-19(15-13-17)21(2)3)20(22-23(4,5)6)18-10-8-7-9-11-18/h7-15,20H,1H2,2-6H3. The van der Waals surface area contributed by atoms with Gasteiger partial charge in [-0.2, -0.15) is 0 Å². The summed E-state index contributed by atoms with van der Waals surface area (Å²) in [5, 5.41) is 0. The summed E-state index contributed by atoms with van der Waals surface area (Å²) in [5.74, 6) is 0. The molecule has 0 N–H and O–H groups in total. The van der Waals surface area contributed by atoms with Crippen LogP contribution in [0, 0.1) is 0 Å². The molecule has 0 aromatic heterocycles. The van der Waals surface area contributed by atoms with Crippen LogP contribution >= 0.6 is 0 Å². The predicted molar refractivity (Wildman–Crippen MR) is 103 cm³/mol. The quantitative estimate of drug-likeness (QED) is 0.663. The summed E-state index contributed by atoms with van der Waals surface area (Å²) in [6.45, 7) is 11.0. The van der Waals surface area contributed by atoms with Gasteiger partial charge in [-0.3, -0.25) is 0 Å². The molecule has 0 saturated heterocycles. The first-order chi connectivity index (χ1) is 10.8. The molecule has 23 heavy (non-hydrogen) atoms. The van der Waals surface area contributed by atoms with Crippen molar-refractivity contribution < 1.29 is 4.43 Å². The van der Waals surface area contributed by atoms with E-state index < -0.39 is 8.32 Å². The Kier molecular flexibility index (Phi) is 5.45. The van der Waals surface area contributed by atoms with Gasteiger partial charge in [-0.05, 0) is 48.5 Å². The molecule has 0 radical (unpaired) electrons. The summed E-state index contributed by atoms with van der Waals surface area (Å²) in [7, 11) is 2.40. The first-order valence-corrected chi connectivity index (χ1v) is 11.4. The Labute approximate surface area is 141 Å². The van der Waals surface area contributed by atoms with E-state index in [4.69, 9.17) is 4.43 Å². The number of benzene rings is 2. The molecule has 122 valence electrons. The van der Waals surface area contributed by atoms with Crippen molar-refractivity contribution in [3.8, 4) is 0 Å². The van der Waals surface area contributed by atoms with Crippen LogP contribution in [0.2, 0.25) is 19.6 Å². The number of rotatable bonds is 6. The third-order valence-corrected chi connectivity index (χ3v) is 4.59. The molecule has 0 bridgehead atoms. The van der Waals surface area contributed by atoms with Crippen molar-refractivity contribution in [2.75, 3.05) is 19.0 Å². The Hall–Kier alpha value is -1.84. The largest absolute Gasteiger partial charge is 0.407 e. The number of hydrogen-bond acceptors (Lipinski definition) is 2. The molecule has 0 spiro atoms. The molecule has 3 heteroatoms. The van der Waals surface area contributed by atoms with Gasteiger partial charge >= 0.3 is 0 Å². The van der Waals surface area contributed by atoms with E-state index in [1.165, 1.54) is 5.69 Å². The Morgan fingerprint density at radius 2 is 1.52 bits per heavy atom. The highest BCUT2D eigenvalue weighted by atomic mass is 28.4. The molecule has 0 fully saturated rings. The lowest BCUT2D eigenvalue weighted by atomic mass is 9.96. The average Bonchev–Trinajstić information content (AvgIpc) is 2.52. The van der Waals surface area contributed by atoms with Gasteiger partial charge in [0.1, 0.15) is 0 Å². The van der Waals surface area contributed by atoms with Crippen LogP contribution in [0.3, 0.4) is 0 Å². The maximum atomic E-state index is 6.45. The Bertz CT molecular complexity index is 642. The number of anilines is 1. The molecule has 0 aliphatic heterocycles. The molecular formula is C20H27NOSi. The van der Waals surface area contributed by atoms with E-state index in [1.54, 1.807) is 0 Å². The van der Waals surface area contributed by atoms with Gasteiger partial charge in [0.05, 0.1) is 6.10 Å². The first-order valence-electron chi connectivity index (χ1n) is 7.97. The SMILES string of the molecule is C=C(c1ccc(N(C)C)cc1)C(O[Si](C)(C)C)c1ccccc1. The van der Waals surface area contributed by atoms with Crippen LogP contribution in [0.4, 0.5) is 5.69 Å². The van der Waals surface area contributed by atoms with Crippen molar-refractivity contribution in [1.29, 1.82) is 0 Å². The first kappa shape index (κ1) is 17.5. The molecule has 0 saturated carbocycles. The van der Waals surface area contributed by atoms with Gasteiger partial charge < -0.3 is 9.33 Å². The topological polar surface area (TPSA) is 12.5 Å². The fourth-order valence-electron chi connectivity index (χ4n) is 2.45. The molecule has 0 amide bonds. The van der Waals surface area contributed by atoms with Crippen molar-refractivity contribution in [3.63, 3.8) is 0 Å². The zero-order chi connectivity index (χ0) is 17.0. The van der Waals surface area contributed by atoms with Crippen LogP contribution in [0.15, 0.2) is 61.2 Å². The summed E-state index contributed by atoms with van der Waals surface area (Å²) < 4.78 is 6.45. The molecule has 0 aliphatic carbocycles. The number of nitrogens with zero attached hydrogens (tertiary/aromatic N) is 1. The zero-order valence-electron chi connectivity index (χ0n) is 14.8. The maximum absolute atomic E-state index is 6.45. The van der Waals surface area contributed by atoms with Crippen LogP contribution in [-0.2, 0) is 4.43 Å². The van der Waals surface area contributed by atoms with E-state index in [-0.39, 0.29) is 6.10 Å². The normalized spacial score (nSPS) is 12.7. The molecule has 0 aliphatic rings. The highest BCUT2D eigenvalue weighted by Gasteiger charge is 2.25. The van der Waals surface area contributed by atoms with Crippen LogP contribution in [0.5, 0.6) is 0 Å². The summed E-state index contributed by atoms with van der Waals surface area (Å²) >= 11 is 0. The third kappa shape index (κ3) is 4.81. The van der Waals surface area contributed by atoms with Gasteiger partial charge in [0.25, 0.3) is 0 Å². The predicted octanol–water partition coefficient (Wildman–Crippen LogP) is 5.36. The van der Waals surface area contributed by atoms with Crippen LogP contribution < -0.4 is 4.90 Å². The van der Waals surface area contributed by atoms with Crippen molar-refractivity contribution in [1.82, 2.24) is 0 Å². The zero-order valence-corrected chi connectivity index (χ0v) is 15.8. The molecular weight excluding hydrogens is 298 g/mol. The average molecular weight is 326 g/mol. The van der Waals surface area contributed by atoms with Crippen molar-refractivity contribution >= 4 is 19.6 Å². The minimum absolute atomic E-state index is 0.0897. The fraction of sp³-hybridized carbons (Fsp3) is 0.300. The highest BCUT2D eigenvalue weighted by molar-refractivity contribution is 6.69. The molecule has 1 unspecified atom stereocenters. The van der Waals surface area contributed by atoms with E-state index in [1.807, 2.05) is 20.2 Å². The van der Waals surface area contributed by atoms with Gasteiger partial charge in [0.15, 0.2) is 8.32 Å².